The molecular formula is C16H18INO4. The molecule has 118 valence electrons. The van der Waals surface area contributed by atoms with Gasteiger partial charge in [0.15, 0.2) is 0 Å². The summed E-state index contributed by atoms with van der Waals surface area (Å²) in [6.45, 7) is 5.76. The van der Waals surface area contributed by atoms with Gasteiger partial charge >= 0.3 is 6.16 Å². The van der Waals surface area contributed by atoms with E-state index in [1.165, 1.54) is 0 Å². The molecular weight excluding hydrogens is 397 g/mol. The van der Waals surface area contributed by atoms with Crippen molar-refractivity contribution in [3.8, 4) is 0 Å². The van der Waals surface area contributed by atoms with Gasteiger partial charge < -0.3 is 14.8 Å². The van der Waals surface area contributed by atoms with Crippen LogP contribution in [0.15, 0.2) is 42.5 Å². The Kier molecular flexibility index (Phi) is 5.82. The fraction of sp³-hybridized carbons (Fsp3) is 0.375. The highest BCUT2D eigenvalue weighted by Crippen LogP contribution is 2.27. The minimum atomic E-state index is -0.769. The Bertz CT molecular complexity index is 561. The first-order chi connectivity index (χ1) is 10.5. The van der Waals surface area contributed by atoms with E-state index in [0.29, 0.717) is 0 Å². The molecule has 2 rings (SSSR count). The van der Waals surface area contributed by atoms with Gasteiger partial charge in [-0.3, -0.25) is 4.79 Å². The topological polar surface area (TPSA) is 64.6 Å². The van der Waals surface area contributed by atoms with Crippen LogP contribution < -0.4 is 5.32 Å². The summed E-state index contributed by atoms with van der Waals surface area (Å²) in [6.07, 6.45) is -1.32. The van der Waals surface area contributed by atoms with Crippen LogP contribution in [0, 0.1) is 5.92 Å². The minimum Gasteiger partial charge on any atom is -0.430 e. The average molecular weight is 415 g/mol. The molecule has 1 heterocycles. The molecule has 1 aliphatic heterocycles. The first-order valence-corrected chi connectivity index (χ1v) is 8.47. The van der Waals surface area contributed by atoms with Crippen LogP contribution in [0.3, 0.4) is 0 Å². The Morgan fingerprint density at radius 1 is 1.41 bits per heavy atom. The summed E-state index contributed by atoms with van der Waals surface area (Å²) in [5.41, 5.74) is 1.79. The minimum absolute atomic E-state index is 0.126. The monoisotopic (exact) mass is 415 g/mol. The van der Waals surface area contributed by atoms with E-state index in [9.17, 15) is 9.59 Å². The lowest BCUT2D eigenvalue weighted by Crippen LogP contribution is -2.63. The van der Waals surface area contributed by atoms with Crippen molar-refractivity contribution >= 4 is 34.7 Å². The number of carbonyl (C=O) groups excluding carboxylic acids is 2. The summed E-state index contributed by atoms with van der Waals surface area (Å²) in [5.74, 6) is -0.522. The maximum absolute atomic E-state index is 11.7. The number of nitrogens with one attached hydrogen (secondary N) is 1. The predicted molar refractivity (Wildman–Crippen MR) is 90.6 cm³/mol. The van der Waals surface area contributed by atoms with Crippen molar-refractivity contribution in [1.82, 2.24) is 5.32 Å². The number of ether oxygens (including phenoxy) is 2. The molecule has 0 aliphatic carbocycles. The number of halogens is 1. The number of carbonyl (C=O) groups is 2. The average Bonchev–Trinajstić information content (AvgIpc) is 2.50. The molecule has 22 heavy (non-hydrogen) atoms. The summed E-state index contributed by atoms with van der Waals surface area (Å²) in [5, 5.41) is 2.78. The Balaban J connectivity index is 1.83. The molecule has 1 amide bonds. The van der Waals surface area contributed by atoms with Crippen LogP contribution in [-0.2, 0) is 20.9 Å². The van der Waals surface area contributed by atoms with Crippen LogP contribution in [0.5, 0.6) is 0 Å². The lowest BCUT2D eigenvalue weighted by molar-refractivity contribution is -0.139. The van der Waals surface area contributed by atoms with Crippen molar-refractivity contribution in [3.05, 3.63) is 48.0 Å². The zero-order chi connectivity index (χ0) is 16.1. The summed E-state index contributed by atoms with van der Waals surface area (Å²) < 4.78 is 11.0. The van der Waals surface area contributed by atoms with Crippen molar-refractivity contribution in [2.45, 2.75) is 25.7 Å². The second-order valence-corrected chi connectivity index (χ2v) is 5.91. The largest absolute Gasteiger partial charge is 0.508 e. The molecule has 5 nitrogen and oxygen atoms in total. The lowest BCUT2D eigenvalue weighted by Gasteiger charge is -2.40. The summed E-state index contributed by atoms with van der Waals surface area (Å²) in [6, 6.07) is 9.20. The number of rotatable bonds is 6. The quantitative estimate of drug-likeness (QED) is 0.255. The standard InChI is InChI=1S/C16H18INO4/c1-10(8-17)14-13(15(19)18-14)11(2)22-16(20)21-9-12-6-4-3-5-7-12/h3-7,11,13-14H,1,8-9H2,2H3,(H,18,19)/t11-,13-,14-/m1/s1. The third-order valence-electron chi connectivity index (χ3n) is 3.56. The van der Waals surface area contributed by atoms with Crippen LogP contribution in [0.2, 0.25) is 0 Å². The zero-order valence-corrected chi connectivity index (χ0v) is 14.4. The highest BCUT2D eigenvalue weighted by atomic mass is 127. The molecule has 1 aromatic rings. The van der Waals surface area contributed by atoms with E-state index in [2.05, 4.69) is 34.5 Å². The molecule has 3 atom stereocenters. The van der Waals surface area contributed by atoms with Gasteiger partial charge in [0.25, 0.3) is 0 Å². The second kappa shape index (κ2) is 7.62. The smallest absolute Gasteiger partial charge is 0.430 e. The van der Waals surface area contributed by atoms with Crippen molar-refractivity contribution < 1.29 is 19.1 Å². The molecule has 1 N–H and O–H groups in total. The second-order valence-electron chi connectivity index (χ2n) is 5.15. The molecule has 0 spiro atoms. The number of hydrogen-bond acceptors (Lipinski definition) is 4. The molecule has 0 aromatic heterocycles. The Morgan fingerprint density at radius 2 is 2.09 bits per heavy atom. The van der Waals surface area contributed by atoms with Crippen molar-refractivity contribution in [1.29, 1.82) is 0 Å². The van der Waals surface area contributed by atoms with E-state index >= 15 is 0 Å². The predicted octanol–water partition coefficient (Wildman–Crippen LogP) is 2.83. The van der Waals surface area contributed by atoms with Crippen molar-refractivity contribution in [3.63, 3.8) is 0 Å². The number of benzene rings is 1. The van der Waals surface area contributed by atoms with Crippen molar-refractivity contribution in [2.24, 2.45) is 5.92 Å². The molecule has 1 aliphatic rings. The SMILES string of the molecule is C=C(CI)[C@H]1NC(=O)[C@@H]1[C@@H](C)OC(=O)OCc1ccccc1. The van der Waals surface area contributed by atoms with Gasteiger partial charge in [0.1, 0.15) is 12.7 Å². The Morgan fingerprint density at radius 3 is 2.68 bits per heavy atom. The molecule has 0 saturated carbocycles. The summed E-state index contributed by atoms with van der Waals surface area (Å²) in [7, 11) is 0. The van der Waals surface area contributed by atoms with Crippen LogP contribution in [0.1, 0.15) is 12.5 Å². The van der Waals surface area contributed by atoms with E-state index in [1.807, 2.05) is 30.3 Å². The first-order valence-electron chi connectivity index (χ1n) is 6.94. The van der Waals surface area contributed by atoms with E-state index in [0.717, 1.165) is 15.6 Å². The Labute approximate surface area is 143 Å². The molecule has 1 saturated heterocycles. The van der Waals surface area contributed by atoms with Gasteiger partial charge in [0, 0.05) is 4.43 Å². The van der Waals surface area contributed by atoms with Gasteiger partial charge in [0.05, 0.1) is 12.0 Å². The molecule has 0 radical (unpaired) electrons. The molecule has 6 heteroatoms. The van der Waals surface area contributed by atoms with Gasteiger partial charge in [0.2, 0.25) is 5.91 Å². The molecule has 0 bridgehead atoms. The van der Waals surface area contributed by atoms with Crippen LogP contribution >= 0.6 is 22.6 Å². The maximum atomic E-state index is 11.7. The number of β-lactam (4-membered cyclic amide) rings is 1. The first kappa shape index (κ1) is 16.8. The summed E-state index contributed by atoms with van der Waals surface area (Å²) in [4.78, 5) is 23.4. The van der Waals surface area contributed by atoms with E-state index in [1.54, 1.807) is 6.92 Å². The van der Waals surface area contributed by atoms with E-state index < -0.39 is 18.2 Å². The maximum Gasteiger partial charge on any atom is 0.508 e. The third-order valence-corrected chi connectivity index (χ3v) is 4.54. The van der Waals surface area contributed by atoms with Gasteiger partial charge in [-0.05, 0) is 18.1 Å². The fourth-order valence-corrected chi connectivity index (χ4v) is 2.77. The van der Waals surface area contributed by atoms with Crippen LogP contribution in [0.25, 0.3) is 0 Å². The number of hydrogen-bond donors (Lipinski definition) is 1. The summed E-state index contributed by atoms with van der Waals surface area (Å²) >= 11 is 2.19. The number of alkyl halides is 1. The highest BCUT2D eigenvalue weighted by molar-refractivity contribution is 14.1. The van der Waals surface area contributed by atoms with Crippen LogP contribution in [0.4, 0.5) is 4.79 Å². The molecule has 0 unspecified atom stereocenters. The molecule has 1 aromatic carbocycles. The molecule has 1 fully saturated rings. The van der Waals surface area contributed by atoms with Gasteiger partial charge in [-0.15, -0.1) is 0 Å². The van der Waals surface area contributed by atoms with Crippen LogP contribution in [-0.4, -0.2) is 28.6 Å². The lowest BCUT2D eigenvalue weighted by atomic mass is 9.82. The number of amides is 1. The fourth-order valence-electron chi connectivity index (χ4n) is 2.29. The van der Waals surface area contributed by atoms with E-state index in [-0.39, 0.29) is 18.6 Å². The van der Waals surface area contributed by atoms with Gasteiger partial charge in [-0.25, -0.2) is 4.79 Å². The van der Waals surface area contributed by atoms with Crippen molar-refractivity contribution in [2.75, 3.05) is 4.43 Å². The normalized spacial score (nSPS) is 21.3. The third kappa shape index (κ3) is 4.00. The zero-order valence-electron chi connectivity index (χ0n) is 12.3. The van der Waals surface area contributed by atoms with Gasteiger partial charge in [-0.2, -0.15) is 0 Å². The highest BCUT2D eigenvalue weighted by Gasteiger charge is 2.45. The van der Waals surface area contributed by atoms with E-state index in [4.69, 9.17) is 9.47 Å². The van der Waals surface area contributed by atoms with Gasteiger partial charge in [-0.1, -0.05) is 59.5 Å². The Hall–Kier alpha value is -1.57.